The third-order valence-electron chi connectivity index (χ3n) is 2.21. The van der Waals surface area contributed by atoms with E-state index in [1.807, 2.05) is 0 Å². The first-order valence-electron chi connectivity index (χ1n) is 5.02. The number of fused-ring (bicyclic) bond motifs is 1. The van der Waals surface area contributed by atoms with Crippen LogP contribution in [0.5, 0.6) is 0 Å². The summed E-state index contributed by atoms with van der Waals surface area (Å²) in [5.74, 6) is -2.02. The zero-order valence-electron chi connectivity index (χ0n) is 9.08. The Hall–Kier alpha value is -2.37. The van der Waals surface area contributed by atoms with E-state index < -0.39 is 11.9 Å². The first-order chi connectivity index (χ1) is 8.15. The van der Waals surface area contributed by atoms with Gasteiger partial charge < -0.3 is 9.84 Å². The third-order valence-corrected chi connectivity index (χ3v) is 2.21. The number of nitrogens with zero attached hydrogens (tertiary/aromatic N) is 2. The van der Waals surface area contributed by atoms with Crippen molar-refractivity contribution < 1.29 is 19.4 Å². The van der Waals surface area contributed by atoms with Crippen LogP contribution in [0.25, 0.3) is 5.52 Å². The highest BCUT2D eigenvalue weighted by Crippen LogP contribution is 2.14. The fourth-order valence-electron chi connectivity index (χ4n) is 1.54. The molecule has 0 aromatic carbocycles. The molecule has 0 unspecified atom stereocenters. The summed E-state index contributed by atoms with van der Waals surface area (Å²) in [6.07, 6.45) is 1.54. The van der Waals surface area contributed by atoms with Crippen LogP contribution >= 0.6 is 0 Å². The number of hydrogen-bond donors (Lipinski definition) is 1. The lowest BCUT2D eigenvalue weighted by molar-refractivity contribution is 0.0522. The average molecular weight is 234 g/mol. The number of imidazole rings is 1. The SMILES string of the molecule is CCOC(=O)c1nc(C(=O)O)n2ccccc12. The molecule has 0 amide bonds. The molecule has 0 spiro atoms. The molecule has 0 aliphatic rings. The minimum Gasteiger partial charge on any atom is -0.475 e. The maximum atomic E-state index is 11.6. The van der Waals surface area contributed by atoms with Gasteiger partial charge in [0, 0.05) is 6.20 Å². The van der Waals surface area contributed by atoms with Gasteiger partial charge in [-0.05, 0) is 19.1 Å². The average Bonchev–Trinajstić information content (AvgIpc) is 2.69. The van der Waals surface area contributed by atoms with Gasteiger partial charge >= 0.3 is 11.9 Å². The molecule has 2 heterocycles. The molecule has 88 valence electrons. The second-order valence-corrected chi connectivity index (χ2v) is 3.27. The Morgan fingerprint density at radius 2 is 2.24 bits per heavy atom. The number of carbonyl (C=O) groups excluding carboxylic acids is 1. The van der Waals surface area contributed by atoms with Gasteiger partial charge in [0.1, 0.15) is 0 Å². The third kappa shape index (κ3) is 1.84. The Bertz CT molecular complexity index is 588. The van der Waals surface area contributed by atoms with Gasteiger partial charge in [-0.15, -0.1) is 0 Å². The molecule has 0 atom stereocenters. The van der Waals surface area contributed by atoms with Gasteiger partial charge in [-0.3, -0.25) is 4.40 Å². The summed E-state index contributed by atoms with van der Waals surface area (Å²) in [4.78, 5) is 26.4. The van der Waals surface area contributed by atoms with Gasteiger partial charge in [-0.1, -0.05) is 6.07 Å². The zero-order valence-corrected chi connectivity index (χ0v) is 9.08. The van der Waals surface area contributed by atoms with Gasteiger partial charge in [0.15, 0.2) is 5.69 Å². The zero-order chi connectivity index (χ0) is 12.4. The van der Waals surface area contributed by atoms with Crippen molar-refractivity contribution in [1.82, 2.24) is 9.38 Å². The Morgan fingerprint density at radius 1 is 1.47 bits per heavy atom. The standard InChI is InChI=1S/C11H10N2O4/c1-2-17-11(16)8-7-5-3-4-6-13(7)9(12-8)10(14)15/h3-6H,2H2,1H3,(H,14,15). The number of esters is 1. The summed E-state index contributed by atoms with van der Waals surface area (Å²) < 4.78 is 6.16. The maximum Gasteiger partial charge on any atom is 0.372 e. The Labute approximate surface area is 96.5 Å². The van der Waals surface area contributed by atoms with Crippen LogP contribution in [0.2, 0.25) is 0 Å². The number of aromatic nitrogens is 2. The number of ether oxygens (including phenoxy) is 1. The van der Waals surface area contributed by atoms with E-state index in [1.54, 1.807) is 25.1 Å². The van der Waals surface area contributed by atoms with Crippen molar-refractivity contribution in [2.75, 3.05) is 6.61 Å². The highest BCUT2D eigenvalue weighted by atomic mass is 16.5. The van der Waals surface area contributed by atoms with Crippen molar-refractivity contribution in [3.63, 3.8) is 0 Å². The fraction of sp³-hybridized carbons (Fsp3) is 0.182. The second-order valence-electron chi connectivity index (χ2n) is 3.27. The predicted octanol–water partition coefficient (Wildman–Crippen LogP) is 1.21. The Morgan fingerprint density at radius 3 is 2.88 bits per heavy atom. The molecular formula is C11H10N2O4. The second kappa shape index (κ2) is 4.25. The molecule has 0 saturated heterocycles. The van der Waals surface area contributed by atoms with Crippen LogP contribution < -0.4 is 0 Å². The van der Waals surface area contributed by atoms with Crippen LogP contribution in [-0.4, -0.2) is 33.0 Å². The largest absolute Gasteiger partial charge is 0.475 e. The normalized spacial score (nSPS) is 10.4. The molecule has 17 heavy (non-hydrogen) atoms. The van der Waals surface area contributed by atoms with E-state index in [9.17, 15) is 9.59 Å². The van der Waals surface area contributed by atoms with E-state index in [0.717, 1.165) is 0 Å². The van der Waals surface area contributed by atoms with Crippen molar-refractivity contribution in [3.8, 4) is 0 Å². The predicted molar refractivity (Wildman–Crippen MR) is 58.1 cm³/mol. The van der Waals surface area contributed by atoms with E-state index >= 15 is 0 Å². The van der Waals surface area contributed by atoms with Crippen LogP contribution in [-0.2, 0) is 4.74 Å². The van der Waals surface area contributed by atoms with Crippen LogP contribution in [0.1, 0.15) is 28.0 Å². The smallest absolute Gasteiger partial charge is 0.372 e. The van der Waals surface area contributed by atoms with Crippen LogP contribution in [0.3, 0.4) is 0 Å². The van der Waals surface area contributed by atoms with Crippen molar-refractivity contribution in [1.29, 1.82) is 0 Å². The van der Waals surface area contributed by atoms with Crippen molar-refractivity contribution in [2.45, 2.75) is 6.92 Å². The van der Waals surface area contributed by atoms with Gasteiger partial charge in [0.2, 0.25) is 5.82 Å². The van der Waals surface area contributed by atoms with Crippen molar-refractivity contribution in [3.05, 3.63) is 35.9 Å². The highest BCUT2D eigenvalue weighted by Gasteiger charge is 2.21. The summed E-state index contributed by atoms with van der Waals surface area (Å²) in [5.41, 5.74) is 0.438. The summed E-state index contributed by atoms with van der Waals surface area (Å²) in [6, 6.07) is 4.98. The molecular weight excluding hydrogens is 224 g/mol. The Balaban J connectivity index is 2.64. The minimum atomic E-state index is -1.19. The molecule has 0 aliphatic carbocycles. The van der Waals surface area contributed by atoms with Crippen molar-refractivity contribution >= 4 is 17.5 Å². The van der Waals surface area contributed by atoms with Crippen molar-refractivity contribution in [2.24, 2.45) is 0 Å². The number of rotatable bonds is 3. The van der Waals surface area contributed by atoms with E-state index in [4.69, 9.17) is 9.84 Å². The van der Waals surface area contributed by atoms with Gasteiger partial charge in [0.05, 0.1) is 12.1 Å². The van der Waals surface area contributed by atoms with Gasteiger partial charge in [-0.25, -0.2) is 14.6 Å². The van der Waals surface area contributed by atoms with E-state index in [2.05, 4.69) is 4.98 Å². The molecule has 6 heteroatoms. The summed E-state index contributed by atoms with van der Waals surface area (Å²) in [7, 11) is 0. The number of hydrogen-bond acceptors (Lipinski definition) is 4. The molecule has 2 rings (SSSR count). The molecule has 0 radical (unpaired) electrons. The monoisotopic (exact) mass is 234 g/mol. The lowest BCUT2D eigenvalue weighted by Crippen LogP contribution is -2.06. The quantitative estimate of drug-likeness (QED) is 0.807. The van der Waals surface area contributed by atoms with Gasteiger partial charge in [-0.2, -0.15) is 0 Å². The number of aromatic carboxylic acids is 1. The molecule has 1 N–H and O–H groups in total. The lowest BCUT2D eigenvalue weighted by Gasteiger charge is -1.98. The number of carboxylic acids is 1. The van der Waals surface area contributed by atoms with Crippen LogP contribution in [0, 0.1) is 0 Å². The lowest BCUT2D eigenvalue weighted by atomic mass is 10.3. The molecule has 0 aliphatic heterocycles. The number of carboxylic acid groups (broad SMARTS) is 1. The van der Waals surface area contributed by atoms with Crippen LogP contribution in [0.15, 0.2) is 24.4 Å². The molecule has 0 fully saturated rings. The first-order valence-corrected chi connectivity index (χ1v) is 5.02. The fourth-order valence-corrected chi connectivity index (χ4v) is 1.54. The summed E-state index contributed by atoms with van der Waals surface area (Å²) >= 11 is 0. The molecule has 6 nitrogen and oxygen atoms in total. The van der Waals surface area contributed by atoms with Gasteiger partial charge in [0.25, 0.3) is 0 Å². The molecule has 0 saturated carbocycles. The van der Waals surface area contributed by atoms with Crippen LogP contribution in [0.4, 0.5) is 0 Å². The van der Waals surface area contributed by atoms with E-state index in [0.29, 0.717) is 5.52 Å². The number of carbonyl (C=O) groups is 2. The molecule has 2 aromatic rings. The van der Waals surface area contributed by atoms with E-state index in [1.165, 1.54) is 10.6 Å². The Kier molecular flexibility index (Phi) is 2.78. The highest BCUT2D eigenvalue weighted by molar-refractivity contribution is 5.97. The van der Waals surface area contributed by atoms with E-state index in [-0.39, 0.29) is 18.1 Å². The first kappa shape index (κ1) is 11.1. The number of pyridine rings is 1. The summed E-state index contributed by atoms with van der Waals surface area (Å²) in [6.45, 7) is 1.89. The minimum absolute atomic E-state index is 0.0184. The maximum absolute atomic E-state index is 11.6. The molecule has 2 aromatic heterocycles. The molecule has 0 bridgehead atoms. The topological polar surface area (TPSA) is 80.9 Å². The summed E-state index contributed by atoms with van der Waals surface area (Å²) in [5, 5.41) is 8.97.